The van der Waals surface area contributed by atoms with E-state index < -0.39 is 73.1 Å². The van der Waals surface area contributed by atoms with E-state index in [4.69, 9.17) is 9.47 Å². The Morgan fingerprint density at radius 2 is 1.09 bits per heavy atom. The number of cyclic esters (lactones) is 1. The number of esters is 1. The van der Waals surface area contributed by atoms with Crippen LogP contribution in [0.5, 0.6) is 0 Å². The number of rotatable bonds is 1. The maximum Gasteiger partial charge on any atom is 0.331 e. The fourth-order valence-electron chi connectivity index (χ4n) is 5.91. The normalized spacial score (nSPS) is 42.3. The molecule has 0 spiro atoms. The van der Waals surface area contributed by atoms with Gasteiger partial charge in [-0.25, -0.2) is 4.79 Å². The van der Waals surface area contributed by atoms with Crippen molar-refractivity contribution in [2.45, 2.75) is 139 Å². The number of carbonyl (C=O) groups is 1. The van der Waals surface area contributed by atoms with Gasteiger partial charge in [0.1, 0.15) is 12.2 Å². The number of hydrogen-bond acceptors (Lipinski definition) is 11. The average molecular weight is 653 g/mol. The second kappa shape index (κ2) is 20.9. The quantitative estimate of drug-likeness (QED) is 0.152. The SMILES string of the molecule is CC(C)[C@@H]1OC(=O)/C=C/C=C/C=C/C=C/[C@H]2O[C@H](C[C@H](O)C[C@H](O)C[C@@H](O)C[C@@H](O)C[C@H](O)C[C@@H](O)C[C@@H](O)/C=C/[C@@H]1C)C[C@H]2O. The Hall–Kier alpha value is -2.19. The summed E-state index contributed by atoms with van der Waals surface area (Å²) in [6.07, 6.45) is 7.01. The van der Waals surface area contributed by atoms with Crippen LogP contribution in [-0.2, 0) is 14.3 Å². The Kier molecular flexibility index (Phi) is 18.2. The molecule has 1 saturated heterocycles. The van der Waals surface area contributed by atoms with Crippen molar-refractivity contribution in [3.63, 3.8) is 0 Å². The Morgan fingerprint density at radius 1 is 0.609 bits per heavy atom. The number of aliphatic hydroxyl groups is 8. The lowest BCUT2D eigenvalue weighted by molar-refractivity contribution is -0.147. The van der Waals surface area contributed by atoms with Crippen molar-refractivity contribution in [1.29, 1.82) is 0 Å². The summed E-state index contributed by atoms with van der Waals surface area (Å²) in [6, 6.07) is 0. The van der Waals surface area contributed by atoms with Crippen molar-refractivity contribution in [2.75, 3.05) is 0 Å². The molecule has 2 aliphatic heterocycles. The highest BCUT2D eigenvalue weighted by atomic mass is 16.5. The van der Waals surface area contributed by atoms with Crippen molar-refractivity contribution in [1.82, 2.24) is 0 Å². The third-order valence-electron chi connectivity index (χ3n) is 8.16. The first-order valence-corrected chi connectivity index (χ1v) is 16.4. The van der Waals surface area contributed by atoms with Crippen molar-refractivity contribution < 1.29 is 55.1 Å². The molecule has 2 aliphatic rings. The Balaban J connectivity index is 2.10. The first-order valence-electron chi connectivity index (χ1n) is 16.4. The summed E-state index contributed by atoms with van der Waals surface area (Å²) in [5.41, 5.74) is 0. The van der Waals surface area contributed by atoms with E-state index in [2.05, 4.69) is 0 Å². The van der Waals surface area contributed by atoms with Crippen LogP contribution < -0.4 is 0 Å². The minimum absolute atomic E-state index is 0.00514. The summed E-state index contributed by atoms with van der Waals surface area (Å²) >= 11 is 0. The van der Waals surface area contributed by atoms with Gasteiger partial charge in [-0.1, -0.05) is 75.5 Å². The zero-order valence-corrected chi connectivity index (χ0v) is 27.2. The van der Waals surface area contributed by atoms with Crippen molar-refractivity contribution in [2.24, 2.45) is 11.8 Å². The highest BCUT2D eigenvalue weighted by Gasteiger charge is 2.34. The van der Waals surface area contributed by atoms with Crippen molar-refractivity contribution in [3.8, 4) is 0 Å². The second-order valence-electron chi connectivity index (χ2n) is 13.1. The molecular weight excluding hydrogens is 596 g/mol. The molecular formula is C35H56O11. The molecule has 0 saturated carbocycles. The molecule has 0 radical (unpaired) electrons. The molecule has 262 valence electrons. The summed E-state index contributed by atoms with van der Waals surface area (Å²) < 4.78 is 11.5. The first-order chi connectivity index (χ1) is 21.7. The molecule has 0 aromatic rings. The van der Waals surface area contributed by atoms with E-state index in [1.807, 2.05) is 20.8 Å². The summed E-state index contributed by atoms with van der Waals surface area (Å²) in [5.74, 6) is -0.746. The summed E-state index contributed by atoms with van der Waals surface area (Å²) in [6.45, 7) is 5.71. The monoisotopic (exact) mass is 652 g/mol. The number of allylic oxidation sites excluding steroid dienone is 6. The number of ether oxygens (including phenoxy) is 2. The smallest absolute Gasteiger partial charge is 0.331 e. The Bertz CT molecular complexity index is 1020. The van der Waals surface area contributed by atoms with E-state index in [1.54, 1.807) is 48.6 Å². The molecule has 0 aliphatic carbocycles. The van der Waals surface area contributed by atoms with E-state index in [0.29, 0.717) is 6.42 Å². The third-order valence-corrected chi connectivity index (χ3v) is 8.16. The molecule has 8 N–H and O–H groups in total. The minimum Gasteiger partial charge on any atom is -0.458 e. The number of hydrogen-bond donors (Lipinski definition) is 8. The van der Waals surface area contributed by atoms with Gasteiger partial charge in [0, 0.05) is 24.8 Å². The van der Waals surface area contributed by atoms with E-state index in [1.165, 1.54) is 12.2 Å². The van der Waals surface area contributed by atoms with Gasteiger partial charge in [0.15, 0.2) is 0 Å². The van der Waals surface area contributed by atoms with E-state index in [0.717, 1.165) is 0 Å². The maximum atomic E-state index is 12.4. The largest absolute Gasteiger partial charge is 0.458 e. The highest BCUT2D eigenvalue weighted by molar-refractivity contribution is 5.82. The molecule has 0 aromatic heterocycles. The average Bonchev–Trinajstić information content (AvgIpc) is 3.28. The van der Waals surface area contributed by atoms with E-state index >= 15 is 0 Å². The van der Waals surface area contributed by atoms with Gasteiger partial charge in [0.25, 0.3) is 0 Å². The van der Waals surface area contributed by atoms with Gasteiger partial charge < -0.3 is 50.3 Å². The van der Waals surface area contributed by atoms with Crippen molar-refractivity contribution >= 4 is 5.97 Å². The van der Waals surface area contributed by atoms with Crippen LogP contribution in [-0.4, -0.2) is 114 Å². The van der Waals surface area contributed by atoms with Crippen LogP contribution in [0, 0.1) is 11.8 Å². The number of fused-ring (bicyclic) bond motifs is 2. The molecule has 12 atom stereocenters. The summed E-state index contributed by atoms with van der Waals surface area (Å²) in [7, 11) is 0. The molecule has 0 aromatic carbocycles. The van der Waals surface area contributed by atoms with Crippen LogP contribution in [0.2, 0.25) is 0 Å². The van der Waals surface area contributed by atoms with Gasteiger partial charge in [-0.2, -0.15) is 0 Å². The van der Waals surface area contributed by atoms with Gasteiger partial charge in [0.05, 0.1) is 54.9 Å². The first kappa shape index (κ1) is 40.0. The number of aliphatic hydroxyl groups excluding tert-OH is 8. The minimum atomic E-state index is -1.10. The lowest BCUT2D eigenvalue weighted by Gasteiger charge is -2.25. The Morgan fingerprint density at radius 3 is 1.63 bits per heavy atom. The summed E-state index contributed by atoms with van der Waals surface area (Å²) in [5, 5.41) is 83.1. The second-order valence-corrected chi connectivity index (χ2v) is 13.1. The predicted octanol–water partition coefficient (Wildman–Crippen LogP) is 1.76. The zero-order valence-electron chi connectivity index (χ0n) is 27.2. The molecule has 2 bridgehead atoms. The standard InChI is InChI=1S/C35H56O11/c1-22(2)35-23(3)12-13-24(36)14-25(37)15-26(38)16-27(39)17-28(40)18-29(41)19-30(42)20-31-21-32(43)33(45-31)10-8-6-4-5-7-9-11-34(44)46-35/h4-13,22-33,35-43H,14-21H2,1-3H3/b6-4+,7-5+,10-8+,11-9+,13-12+/t23-,24-,25-,26+,27-,28-,29+,30+,31+,32+,33+,35-/m0/s1. The molecule has 2 rings (SSSR count). The highest BCUT2D eigenvalue weighted by Crippen LogP contribution is 2.26. The molecule has 2 heterocycles. The van der Waals surface area contributed by atoms with Gasteiger partial charge in [-0.05, 0) is 44.4 Å². The fraction of sp³-hybridized carbons (Fsp3) is 0.686. The summed E-state index contributed by atoms with van der Waals surface area (Å²) in [4.78, 5) is 12.4. The maximum absolute atomic E-state index is 12.4. The van der Waals surface area contributed by atoms with Gasteiger partial charge in [-0.3, -0.25) is 0 Å². The van der Waals surface area contributed by atoms with Crippen LogP contribution in [0.4, 0.5) is 0 Å². The molecule has 0 amide bonds. The van der Waals surface area contributed by atoms with Gasteiger partial charge in [0.2, 0.25) is 0 Å². The van der Waals surface area contributed by atoms with Crippen LogP contribution in [0.15, 0.2) is 60.8 Å². The lowest BCUT2D eigenvalue weighted by atomic mass is 9.93. The van der Waals surface area contributed by atoms with Crippen LogP contribution in [0.25, 0.3) is 0 Å². The molecule has 11 nitrogen and oxygen atoms in total. The van der Waals surface area contributed by atoms with Crippen molar-refractivity contribution in [3.05, 3.63) is 60.8 Å². The van der Waals surface area contributed by atoms with Crippen LogP contribution in [0.1, 0.15) is 72.1 Å². The molecule has 1 fully saturated rings. The topological polar surface area (TPSA) is 197 Å². The van der Waals surface area contributed by atoms with E-state index in [9.17, 15) is 45.6 Å². The number of carbonyl (C=O) groups excluding carboxylic acids is 1. The fourth-order valence-corrected chi connectivity index (χ4v) is 5.91. The lowest BCUT2D eigenvalue weighted by Crippen LogP contribution is -2.30. The van der Waals surface area contributed by atoms with Crippen LogP contribution in [0.3, 0.4) is 0 Å². The molecule has 0 unspecified atom stereocenters. The van der Waals surface area contributed by atoms with E-state index in [-0.39, 0.29) is 56.8 Å². The Labute approximate surface area is 272 Å². The van der Waals surface area contributed by atoms with Gasteiger partial charge >= 0.3 is 5.97 Å². The molecule has 11 heteroatoms. The van der Waals surface area contributed by atoms with Gasteiger partial charge in [-0.15, -0.1) is 0 Å². The zero-order chi connectivity index (χ0) is 34.2. The van der Waals surface area contributed by atoms with Crippen LogP contribution >= 0.6 is 0 Å². The molecule has 46 heavy (non-hydrogen) atoms. The third kappa shape index (κ3) is 16.1. The predicted molar refractivity (Wildman–Crippen MR) is 173 cm³/mol.